The van der Waals surface area contributed by atoms with Gasteiger partial charge in [0, 0.05) is 19.0 Å². The van der Waals surface area contributed by atoms with Gasteiger partial charge < -0.3 is 19.6 Å². The Kier molecular flexibility index (Phi) is 5.01. The Morgan fingerprint density at radius 1 is 1.05 bits per heavy atom. The first-order valence-electron chi connectivity index (χ1n) is 8.58. The number of piperidine rings is 1. The van der Waals surface area contributed by atoms with Crippen LogP contribution in [0.3, 0.4) is 0 Å². The van der Waals surface area contributed by atoms with Crippen LogP contribution in [0.5, 0.6) is 0 Å². The van der Waals surface area contributed by atoms with Crippen molar-refractivity contribution in [3.8, 4) is 0 Å². The van der Waals surface area contributed by atoms with E-state index < -0.39 is 0 Å². The van der Waals surface area contributed by atoms with Crippen molar-refractivity contribution < 1.29 is 14.6 Å². The van der Waals surface area contributed by atoms with Crippen molar-refractivity contribution in [2.45, 2.75) is 57.1 Å². The highest BCUT2D eigenvalue weighted by Crippen LogP contribution is 2.27. The van der Waals surface area contributed by atoms with E-state index in [2.05, 4.69) is 4.90 Å². The van der Waals surface area contributed by atoms with Gasteiger partial charge in [-0.3, -0.25) is 0 Å². The monoisotopic (exact) mass is 296 g/mol. The van der Waals surface area contributed by atoms with Gasteiger partial charge in [0.05, 0.1) is 12.1 Å². The third-order valence-electron chi connectivity index (χ3n) is 5.29. The van der Waals surface area contributed by atoms with Crippen molar-refractivity contribution in [3.05, 3.63) is 0 Å². The zero-order valence-electron chi connectivity index (χ0n) is 12.9. The van der Waals surface area contributed by atoms with Crippen LogP contribution < -0.4 is 0 Å². The Hall–Kier alpha value is -0.810. The molecule has 1 aliphatic carbocycles. The lowest BCUT2D eigenvalue weighted by molar-refractivity contribution is 0.0466. The zero-order valence-corrected chi connectivity index (χ0v) is 12.9. The fraction of sp³-hybridized carbons (Fsp3) is 0.938. The average Bonchev–Trinajstić information content (AvgIpc) is 2.84. The van der Waals surface area contributed by atoms with Crippen LogP contribution in [0.2, 0.25) is 0 Å². The van der Waals surface area contributed by atoms with Gasteiger partial charge in [0.25, 0.3) is 0 Å². The Morgan fingerprint density at radius 3 is 2.57 bits per heavy atom. The number of amides is 1. The maximum atomic E-state index is 12.0. The average molecular weight is 296 g/mol. The van der Waals surface area contributed by atoms with Crippen molar-refractivity contribution in [2.24, 2.45) is 5.92 Å². The molecule has 21 heavy (non-hydrogen) atoms. The molecule has 1 amide bonds. The molecule has 3 fully saturated rings. The number of rotatable bonds is 4. The van der Waals surface area contributed by atoms with Gasteiger partial charge in [0.1, 0.15) is 6.61 Å². The molecule has 3 rings (SSSR count). The number of nitrogens with zero attached hydrogens (tertiary/aromatic N) is 2. The summed E-state index contributed by atoms with van der Waals surface area (Å²) in [6.45, 7) is 4.39. The number of hydrogen-bond acceptors (Lipinski definition) is 4. The highest BCUT2D eigenvalue weighted by atomic mass is 16.6. The molecule has 0 aromatic rings. The smallest absolute Gasteiger partial charge is 0.410 e. The van der Waals surface area contributed by atoms with Gasteiger partial charge in [-0.05, 0) is 38.8 Å². The van der Waals surface area contributed by atoms with E-state index in [1.54, 1.807) is 0 Å². The number of ether oxygens (including phenoxy) is 1. The Bertz CT molecular complexity index is 357. The van der Waals surface area contributed by atoms with E-state index in [1.165, 1.54) is 25.7 Å². The summed E-state index contributed by atoms with van der Waals surface area (Å²) < 4.78 is 5.28. The lowest BCUT2D eigenvalue weighted by Gasteiger charge is -2.35. The molecule has 1 N–H and O–H groups in total. The normalized spacial score (nSPS) is 35.0. The van der Waals surface area contributed by atoms with E-state index in [0.717, 1.165) is 38.9 Å². The first-order valence-corrected chi connectivity index (χ1v) is 8.58. The maximum Gasteiger partial charge on any atom is 0.410 e. The number of cyclic esters (lactones) is 1. The van der Waals surface area contributed by atoms with Crippen molar-refractivity contribution in [3.63, 3.8) is 0 Å². The highest BCUT2D eigenvalue weighted by Gasteiger charge is 2.37. The molecule has 0 bridgehead atoms. The largest absolute Gasteiger partial charge is 0.447 e. The SMILES string of the molecule is O=C1OCC(CN2CCCCC2)N1C[C@@H]1CCCC[C@@H]1O. The van der Waals surface area contributed by atoms with E-state index in [1.807, 2.05) is 4.90 Å². The van der Waals surface area contributed by atoms with Crippen LogP contribution in [0.4, 0.5) is 4.79 Å². The van der Waals surface area contributed by atoms with Crippen LogP contribution in [0.25, 0.3) is 0 Å². The quantitative estimate of drug-likeness (QED) is 0.860. The molecule has 2 heterocycles. The Morgan fingerprint density at radius 2 is 1.81 bits per heavy atom. The molecule has 1 unspecified atom stereocenters. The van der Waals surface area contributed by atoms with Gasteiger partial charge in [0.15, 0.2) is 0 Å². The third kappa shape index (κ3) is 3.69. The van der Waals surface area contributed by atoms with Crippen LogP contribution in [0, 0.1) is 5.92 Å². The van der Waals surface area contributed by atoms with Crippen LogP contribution in [-0.2, 0) is 4.74 Å². The molecule has 0 aromatic carbocycles. The van der Waals surface area contributed by atoms with Crippen LogP contribution in [0.15, 0.2) is 0 Å². The zero-order chi connectivity index (χ0) is 14.7. The molecule has 0 radical (unpaired) electrons. The second-order valence-corrected chi connectivity index (χ2v) is 6.86. The molecule has 5 heteroatoms. The molecule has 0 aromatic heterocycles. The van der Waals surface area contributed by atoms with E-state index in [-0.39, 0.29) is 24.2 Å². The summed E-state index contributed by atoms with van der Waals surface area (Å²) in [4.78, 5) is 16.4. The lowest BCUT2D eigenvalue weighted by Crippen LogP contribution is -2.47. The molecular formula is C16H28N2O3. The van der Waals surface area contributed by atoms with E-state index in [0.29, 0.717) is 13.2 Å². The molecule has 1 saturated carbocycles. The van der Waals surface area contributed by atoms with Gasteiger partial charge in [0.2, 0.25) is 0 Å². The Labute approximate surface area is 127 Å². The first kappa shape index (κ1) is 15.1. The molecule has 3 atom stereocenters. The van der Waals surface area contributed by atoms with Gasteiger partial charge in [-0.2, -0.15) is 0 Å². The summed E-state index contributed by atoms with van der Waals surface area (Å²) in [5, 5.41) is 10.1. The highest BCUT2D eigenvalue weighted by molar-refractivity contribution is 5.70. The minimum atomic E-state index is -0.247. The number of aliphatic hydroxyl groups is 1. The van der Waals surface area contributed by atoms with Crippen molar-refractivity contribution in [1.29, 1.82) is 0 Å². The van der Waals surface area contributed by atoms with Crippen LogP contribution in [-0.4, -0.2) is 65.9 Å². The lowest BCUT2D eigenvalue weighted by atomic mass is 9.86. The number of aliphatic hydroxyl groups excluding tert-OH is 1. The fourth-order valence-corrected chi connectivity index (χ4v) is 3.96. The Balaban J connectivity index is 1.56. The summed E-state index contributed by atoms with van der Waals surface area (Å²) in [5.74, 6) is 0.230. The molecule has 2 aliphatic heterocycles. The standard InChI is InChI=1S/C16H28N2O3/c19-15-7-3-2-6-13(15)10-18-14(12-21-16(18)20)11-17-8-4-1-5-9-17/h13-15,19H,1-12H2/t13-,14?,15-/m0/s1. The molecule has 120 valence electrons. The van der Waals surface area contributed by atoms with E-state index in [9.17, 15) is 9.90 Å². The molecule has 3 aliphatic rings. The predicted octanol–water partition coefficient (Wildman–Crippen LogP) is 1.84. The second-order valence-electron chi connectivity index (χ2n) is 6.86. The summed E-state index contributed by atoms with van der Waals surface area (Å²) in [6.07, 6.45) is 7.62. The van der Waals surface area contributed by atoms with Crippen molar-refractivity contribution >= 4 is 6.09 Å². The van der Waals surface area contributed by atoms with Gasteiger partial charge in [-0.1, -0.05) is 19.3 Å². The minimum Gasteiger partial charge on any atom is -0.447 e. The fourth-order valence-electron chi connectivity index (χ4n) is 3.96. The number of likely N-dealkylation sites (tertiary alicyclic amines) is 1. The summed E-state index contributed by atoms with van der Waals surface area (Å²) in [7, 11) is 0. The topological polar surface area (TPSA) is 53.0 Å². The minimum absolute atomic E-state index is 0.171. The number of carbonyl (C=O) groups excluding carboxylic acids is 1. The summed E-state index contributed by atoms with van der Waals surface area (Å²) in [6, 6.07) is 0.171. The predicted molar refractivity (Wildman–Crippen MR) is 80.1 cm³/mol. The number of carbonyl (C=O) groups is 1. The molecule has 5 nitrogen and oxygen atoms in total. The van der Waals surface area contributed by atoms with Crippen molar-refractivity contribution in [1.82, 2.24) is 9.80 Å². The maximum absolute atomic E-state index is 12.0. The van der Waals surface area contributed by atoms with Gasteiger partial charge in [-0.25, -0.2) is 4.79 Å². The summed E-state index contributed by atoms with van der Waals surface area (Å²) >= 11 is 0. The molecular weight excluding hydrogens is 268 g/mol. The van der Waals surface area contributed by atoms with E-state index in [4.69, 9.17) is 4.74 Å². The number of hydrogen-bond donors (Lipinski definition) is 1. The second kappa shape index (κ2) is 6.97. The molecule has 2 saturated heterocycles. The summed E-state index contributed by atoms with van der Waals surface area (Å²) in [5.41, 5.74) is 0. The van der Waals surface area contributed by atoms with E-state index >= 15 is 0 Å². The van der Waals surface area contributed by atoms with Gasteiger partial charge in [-0.15, -0.1) is 0 Å². The van der Waals surface area contributed by atoms with Crippen LogP contribution in [0.1, 0.15) is 44.9 Å². The first-order chi connectivity index (χ1) is 10.2. The third-order valence-corrected chi connectivity index (χ3v) is 5.29. The van der Waals surface area contributed by atoms with Crippen LogP contribution >= 0.6 is 0 Å². The van der Waals surface area contributed by atoms with Crippen molar-refractivity contribution in [2.75, 3.05) is 32.8 Å². The van der Waals surface area contributed by atoms with Gasteiger partial charge >= 0.3 is 6.09 Å². The molecule has 0 spiro atoms.